The first-order valence-corrected chi connectivity index (χ1v) is 8.76. The maximum Gasteiger partial charge on any atom is 0.418 e. The number of halogens is 1. The average molecular weight is 362 g/mol. The lowest BCUT2D eigenvalue weighted by Gasteiger charge is -2.12. The average Bonchev–Trinajstić information content (AvgIpc) is 3.10. The molecule has 1 heterocycles. The van der Waals surface area contributed by atoms with E-state index in [-0.39, 0.29) is 18.6 Å². The summed E-state index contributed by atoms with van der Waals surface area (Å²) in [5, 5.41) is 7.16. The lowest BCUT2D eigenvalue weighted by Crippen LogP contribution is -2.30. The van der Waals surface area contributed by atoms with E-state index in [4.69, 9.17) is 20.9 Å². The number of aromatic nitrogens is 2. The van der Waals surface area contributed by atoms with Crippen molar-refractivity contribution in [1.82, 2.24) is 15.5 Å². The predicted molar refractivity (Wildman–Crippen MR) is 94.4 cm³/mol. The van der Waals surface area contributed by atoms with Gasteiger partial charge in [-0.05, 0) is 44.2 Å². The minimum Gasteiger partial charge on any atom is -0.439 e. The molecule has 2 aromatic rings. The maximum atomic E-state index is 11.8. The van der Waals surface area contributed by atoms with Crippen LogP contribution >= 0.6 is 11.6 Å². The second-order valence-corrected chi connectivity index (χ2v) is 6.27. The van der Waals surface area contributed by atoms with Gasteiger partial charge in [0.25, 0.3) is 5.91 Å². The zero-order valence-electron chi connectivity index (χ0n) is 13.8. The quantitative estimate of drug-likeness (QED) is 0.759. The first-order valence-electron chi connectivity index (χ1n) is 8.38. The summed E-state index contributed by atoms with van der Waals surface area (Å²) >= 11 is 6.09. The van der Waals surface area contributed by atoms with Gasteiger partial charge in [-0.2, -0.15) is 4.98 Å². The van der Waals surface area contributed by atoms with Crippen molar-refractivity contribution in [2.24, 2.45) is 0 Å². The van der Waals surface area contributed by atoms with Crippen LogP contribution in [0.15, 0.2) is 40.4 Å². The molecule has 0 saturated carbocycles. The maximum absolute atomic E-state index is 11.8. The number of hydrogen-bond acceptors (Lipinski definition) is 5. The van der Waals surface area contributed by atoms with E-state index in [9.17, 15) is 4.79 Å². The number of carbonyl (C=O) groups excluding carboxylic acids is 1. The molecule has 0 bridgehead atoms. The summed E-state index contributed by atoms with van der Waals surface area (Å²) in [5.41, 5.74) is 2.07. The highest BCUT2D eigenvalue weighted by atomic mass is 35.5. The fraction of sp³-hybridized carbons (Fsp3) is 0.389. The van der Waals surface area contributed by atoms with E-state index in [1.807, 2.05) is 12.1 Å². The summed E-state index contributed by atoms with van der Waals surface area (Å²) in [6, 6.07) is 7.16. The number of rotatable bonds is 7. The zero-order chi connectivity index (χ0) is 17.5. The van der Waals surface area contributed by atoms with Gasteiger partial charge in [0.15, 0.2) is 6.61 Å². The molecule has 1 aromatic heterocycles. The molecule has 1 aliphatic carbocycles. The fourth-order valence-electron chi connectivity index (χ4n) is 2.69. The highest BCUT2D eigenvalue weighted by Crippen LogP contribution is 2.26. The number of carbonyl (C=O) groups is 1. The van der Waals surface area contributed by atoms with Crippen LogP contribution in [0.2, 0.25) is 5.02 Å². The molecule has 0 atom stereocenters. The van der Waals surface area contributed by atoms with Crippen LogP contribution in [0.3, 0.4) is 0 Å². The monoisotopic (exact) mass is 361 g/mol. The van der Waals surface area contributed by atoms with Gasteiger partial charge in [0.05, 0.1) is 5.02 Å². The summed E-state index contributed by atoms with van der Waals surface area (Å²) in [6.07, 6.45) is 7.91. The number of hydrogen-bond donors (Lipinski definition) is 1. The summed E-state index contributed by atoms with van der Waals surface area (Å²) < 4.78 is 10.2. The van der Waals surface area contributed by atoms with Crippen molar-refractivity contribution in [2.45, 2.75) is 32.1 Å². The SMILES string of the molecule is O=C(COc1nc(-c2ccccc2Cl)no1)NCCC1=CCCCC1. The second-order valence-electron chi connectivity index (χ2n) is 5.86. The molecule has 6 nitrogen and oxygen atoms in total. The molecule has 0 unspecified atom stereocenters. The van der Waals surface area contributed by atoms with E-state index in [2.05, 4.69) is 21.5 Å². The molecular weight excluding hydrogens is 342 g/mol. The van der Waals surface area contributed by atoms with Crippen LogP contribution in [0, 0.1) is 0 Å². The van der Waals surface area contributed by atoms with Crippen LogP contribution in [0.5, 0.6) is 6.08 Å². The number of ether oxygens (including phenoxy) is 1. The van der Waals surface area contributed by atoms with Gasteiger partial charge < -0.3 is 10.1 Å². The van der Waals surface area contributed by atoms with Crippen molar-refractivity contribution < 1.29 is 14.1 Å². The molecule has 132 valence electrons. The topological polar surface area (TPSA) is 77.2 Å². The van der Waals surface area contributed by atoms with Crippen molar-refractivity contribution >= 4 is 17.5 Å². The summed E-state index contributed by atoms with van der Waals surface area (Å²) in [6.45, 7) is 0.450. The Labute approximate surface area is 151 Å². The van der Waals surface area contributed by atoms with Crippen molar-refractivity contribution in [3.8, 4) is 17.5 Å². The highest BCUT2D eigenvalue weighted by Gasteiger charge is 2.13. The van der Waals surface area contributed by atoms with Crippen LogP contribution in [-0.2, 0) is 4.79 Å². The molecule has 7 heteroatoms. The zero-order valence-corrected chi connectivity index (χ0v) is 14.6. The summed E-state index contributed by atoms with van der Waals surface area (Å²) in [7, 11) is 0. The van der Waals surface area contributed by atoms with E-state index in [1.54, 1.807) is 12.1 Å². The van der Waals surface area contributed by atoms with E-state index < -0.39 is 0 Å². The Morgan fingerprint density at radius 1 is 1.32 bits per heavy atom. The van der Waals surface area contributed by atoms with E-state index >= 15 is 0 Å². The van der Waals surface area contributed by atoms with Gasteiger partial charge in [-0.25, -0.2) is 0 Å². The molecule has 1 aliphatic rings. The Hall–Kier alpha value is -2.34. The molecule has 0 aliphatic heterocycles. The summed E-state index contributed by atoms with van der Waals surface area (Å²) in [5.74, 6) is 0.110. The predicted octanol–water partition coefficient (Wildman–Crippen LogP) is 3.78. The largest absolute Gasteiger partial charge is 0.439 e. The minimum absolute atomic E-state index is 0.0555. The van der Waals surface area contributed by atoms with Crippen molar-refractivity contribution in [1.29, 1.82) is 0 Å². The van der Waals surface area contributed by atoms with E-state index in [0.29, 0.717) is 23.0 Å². The van der Waals surface area contributed by atoms with Gasteiger partial charge in [-0.1, -0.05) is 40.5 Å². The Kier molecular flexibility index (Phi) is 6.06. The van der Waals surface area contributed by atoms with Crippen LogP contribution in [-0.4, -0.2) is 29.2 Å². The van der Waals surface area contributed by atoms with Crippen LogP contribution in [0.1, 0.15) is 32.1 Å². The van der Waals surface area contributed by atoms with Crippen molar-refractivity contribution in [2.75, 3.05) is 13.2 Å². The van der Waals surface area contributed by atoms with Crippen molar-refractivity contribution in [3.05, 3.63) is 40.9 Å². The van der Waals surface area contributed by atoms with Crippen LogP contribution in [0.25, 0.3) is 11.4 Å². The van der Waals surface area contributed by atoms with Crippen molar-refractivity contribution in [3.63, 3.8) is 0 Å². The lowest BCUT2D eigenvalue weighted by atomic mass is 9.97. The second kappa shape index (κ2) is 8.67. The van der Waals surface area contributed by atoms with Gasteiger partial charge in [0.2, 0.25) is 5.82 Å². The molecule has 0 fully saturated rings. The van der Waals surface area contributed by atoms with Crippen LogP contribution < -0.4 is 10.1 Å². The molecule has 1 amide bonds. The first-order chi connectivity index (χ1) is 12.2. The normalized spacial score (nSPS) is 14.0. The number of nitrogens with zero attached hydrogens (tertiary/aromatic N) is 2. The number of allylic oxidation sites excluding steroid dienone is 1. The third-order valence-electron chi connectivity index (χ3n) is 4.00. The Morgan fingerprint density at radius 2 is 2.20 bits per heavy atom. The molecule has 25 heavy (non-hydrogen) atoms. The fourth-order valence-corrected chi connectivity index (χ4v) is 2.91. The standard InChI is InChI=1S/C18H20ClN3O3/c19-15-9-5-4-8-14(15)17-21-18(25-22-17)24-12-16(23)20-11-10-13-6-2-1-3-7-13/h4-6,8-9H,1-3,7,10-12H2,(H,20,23). The molecule has 1 N–H and O–H groups in total. The van der Waals surface area contributed by atoms with Gasteiger partial charge in [0.1, 0.15) is 0 Å². The minimum atomic E-state index is -0.214. The number of benzene rings is 1. The van der Waals surface area contributed by atoms with Gasteiger partial charge >= 0.3 is 6.08 Å². The lowest BCUT2D eigenvalue weighted by molar-refractivity contribution is -0.123. The molecular formula is C18H20ClN3O3. The van der Waals surface area contributed by atoms with Gasteiger partial charge in [0, 0.05) is 12.1 Å². The third kappa shape index (κ3) is 5.06. The van der Waals surface area contributed by atoms with Crippen LogP contribution in [0.4, 0.5) is 0 Å². The summed E-state index contributed by atoms with van der Waals surface area (Å²) in [4.78, 5) is 15.9. The smallest absolute Gasteiger partial charge is 0.418 e. The van der Waals surface area contributed by atoms with E-state index in [0.717, 1.165) is 19.3 Å². The first kappa shape index (κ1) is 17.5. The number of amides is 1. The molecule has 0 radical (unpaired) electrons. The molecule has 3 rings (SSSR count). The van der Waals surface area contributed by atoms with Gasteiger partial charge in [-0.3, -0.25) is 9.32 Å². The Morgan fingerprint density at radius 3 is 3.00 bits per heavy atom. The molecule has 0 saturated heterocycles. The third-order valence-corrected chi connectivity index (χ3v) is 4.33. The molecule has 1 aromatic carbocycles. The number of nitrogens with one attached hydrogen (secondary N) is 1. The molecule has 0 spiro atoms. The highest BCUT2D eigenvalue weighted by molar-refractivity contribution is 6.33. The van der Waals surface area contributed by atoms with E-state index in [1.165, 1.54) is 18.4 Å². The Bertz CT molecular complexity index is 758. The Balaban J connectivity index is 1.43. The van der Waals surface area contributed by atoms with Gasteiger partial charge in [-0.15, -0.1) is 0 Å².